The Kier molecular flexibility index (Phi) is 1.84. The second-order valence-electron chi connectivity index (χ2n) is 2.56. The Bertz CT molecular complexity index is 210. The summed E-state index contributed by atoms with van der Waals surface area (Å²) in [7, 11) is -3.01. The molecule has 10 heavy (non-hydrogen) atoms. The van der Waals surface area contributed by atoms with Crippen molar-refractivity contribution in [3.8, 4) is 0 Å². The van der Waals surface area contributed by atoms with Gasteiger partial charge in [-0.15, -0.1) is 6.58 Å². The molecule has 1 aliphatic rings. The van der Waals surface area contributed by atoms with Crippen LogP contribution in [0.2, 0.25) is 0 Å². The van der Waals surface area contributed by atoms with E-state index in [-0.39, 0.29) is 11.6 Å². The highest BCUT2D eigenvalue weighted by molar-refractivity contribution is 7.62. The Labute approximate surface area is 60.7 Å². The summed E-state index contributed by atoms with van der Waals surface area (Å²) in [5.74, 6) is 1.41. The van der Waals surface area contributed by atoms with E-state index in [1.807, 2.05) is 0 Å². The molecular formula is C7H11O2P. The van der Waals surface area contributed by atoms with Crippen molar-refractivity contribution in [1.29, 1.82) is 0 Å². The first-order chi connectivity index (χ1) is 4.61. The monoisotopic (exact) mass is 158 g/mol. The van der Waals surface area contributed by atoms with Gasteiger partial charge in [-0.3, -0.25) is 4.57 Å². The van der Waals surface area contributed by atoms with Crippen LogP contribution in [0.3, 0.4) is 0 Å². The van der Waals surface area contributed by atoms with E-state index in [4.69, 9.17) is 4.89 Å². The summed E-state index contributed by atoms with van der Waals surface area (Å²) in [5.41, 5.74) is -0.0810. The van der Waals surface area contributed by atoms with Gasteiger partial charge in [-0.2, -0.15) is 0 Å². The zero-order valence-electron chi connectivity index (χ0n) is 5.73. The maximum atomic E-state index is 11.1. The van der Waals surface area contributed by atoms with E-state index in [2.05, 4.69) is 13.2 Å². The first kappa shape index (κ1) is 7.77. The Morgan fingerprint density at radius 1 is 1.60 bits per heavy atom. The number of rotatable bonds is 3. The van der Waals surface area contributed by atoms with E-state index < -0.39 is 7.37 Å². The van der Waals surface area contributed by atoms with Crippen LogP contribution in [0.15, 0.2) is 25.1 Å². The average Bonchev–Trinajstić information content (AvgIpc) is 2.66. The quantitative estimate of drug-likeness (QED) is 0.503. The standard InChI is InChI=1S/C7H11O2P/c1-3-6-5-7(6)10(8,9)4-2/h3-4,6-7H,1-2,5H2,(H,8,9)/t6-,7+/m1/s1. The molecular weight excluding hydrogens is 147 g/mol. The molecule has 1 rings (SSSR count). The number of allylic oxidation sites excluding steroid dienone is 1. The van der Waals surface area contributed by atoms with E-state index in [1.54, 1.807) is 6.08 Å². The van der Waals surface area contributed by atoms with E-state index >= 15 is 0 Å². The normalized spacial score (nSPS) is 36.1. The molecule has 56 valence electrons. The van der Waals surface area contributed by atoms with Crippen molar-refractivity contribution in [3.05, 3.63) is 25.1 Å². The fourth-order valence-corrected chi connectivity index (χ4v) is 2.50. The van der Waals surface area contributed by atoms with Crippen LogP contribution in [-0.4, -0.2) is 10.6 Å². The molecule has 0 aromatic carbocycles. The highest BCUT2D eigenvalue weighted by Gasteiger charge is 2.46. The Morgan fingerprint density at radius 3 is 2.50 bits per heavy atom. The van der Waals surface area contributed by atoms with Gasteiger partial charge in [0.2, 0.25) is 7.37 Å². The molecule has 2 nitrogen and oxygen atoms in total. The van der Waals surface area contributed by atoms with Crippen molar-refractivity contribution in [2.45, 2.75) is 12.1 Å². The van der Waals surface area contributed by atoms with Crippen molar-refractivity contribution >= 4 is 7.37 Å². The lowest BCUT2D eigenvalue weighted by molar-refractivity contribution is 0.486. The van der Waals surface area contributed by atoms with E-state index in [1.165, 1.54) is 5.82 Å². The summed E-state index contributed by atoms with van der Waals surface area (Å²) in [6.45, 7) is 6.87. The largest absolute Gasteiger partial charge is 0.341 e. The smallest absolute Gasteiger partial charge is 0.225 e. The Hall–Kier alpha value is -0.330. The SMILES string of the molecule is C=C[C@@H]1C[C@@H]1P(=O)(O)C=C. The lowest BCUT2D eigenvalue weighted by Crippen LogP contribution is -1.85. The molecule has 0 aromatic rings. The second kappa shape index (κ2) is 2.37. The molecule has 1 N–H and O–H groups in total. The van der Waals surface area contributed by atoms with Gasteiger partial charge < -0.3 is 4.89 Å². The van der Waals surface area contributed by atoms with Gasteiger partial charge in [0.25, 0.3) is 0 Å². The second-order valence-corrected chi connectivity index (χ2v) is 4.93. The van der Waals surface area contributed by atoms with Gasteiger partial charge in [0, 0.05) is 5.66 Å². The van der Waals surface area contributed by atoms with Gasteiger partial charge >= 0.3 is 0 Å². The van der Waals surface area contributed by atoms with Crippen LogP contribution in [0.1, 0.15) is 6.42 Å². The van der Waals surface area contributed by atoms with Gasteiger partial charge in [0.15, 0.2) is 0 Å². The van der Waals surface area contributed by atoms with Gasteiger partial charge in [-0.1, -0.05) is 12.7 Å². The molecule has 1 saturated carbocycles. The van der Waals surface area contributed by atoms with Gasteiger partial charge in [-0.05, 0) is 18.2 Å². The van der Waals surface area contributed by atoms with Crippen LogP contribution in [0.4, 0.5) is 0 Å². The third-order valence-electron chi connectivity index (χ3n) is 1.84. The Morgan fingerprint density at radius 2 is 2.20 bits per heavy atom. The zero-order valence-corrected chi connectivity index (χ0v) is 6.63. The predicted molar refractivity (Wildman–Crippen MR) is 42.1 cm³/mol. The van der Waals surface area contributed by atoms with Crippen molar-refractivity contribution in [3.63, 3.8) is 0 Å². The van der Waals surface area contributed by atoms with Crippen LogP contribution < -0.4 is 0 Å². The molecule has 0 bridgehead atoms. The highest BCUT2D eigenvalue weighted by Crippen LogP contribution is 2.61. The van der Waals surface area contributed by atoms with Crippen LogP contribution in [0.25, 0.3) is 0 Å². The summed E-state index contributed by atoms with van der Waals surface area (Å²) in [5, 5.41) is 0. The third kappa shape index (κ3) is 1.23. The van der Waals surface area contributed by atoms with Crippen LogP contribution >= 0.6 is 7.37 Å². The predicted octanol–water partition coefficient (Wildman–Crippen LogP) is 1.97. The minimum absolute atomic E-state index is 0.0810. The first-order valence-electron chi connectivity index (χ1n) is 3.20. The van der Waals surface area contributed by atoms with E-state index in [9.17, 15) is 4.57 Å². The average molecular weight is 158 g/mol. The molecule has 0 heterocycles. The maximum absolute atomic E-state index is 11.1. The van der Waals surface area contributed by atoms with Crippen molar-refractivity contribution < 1.29 is 9.46 Å². The molecule has 0 saturated heterocycles. The summed E-state index contributed by atoms with van der Waals surface area (Å²) in [4.78, 5) is 9.15. The fraction of sp³-hybridized carbons (Fsp3) is 0.429. The van der Waals surface area contributed by atoms with Crippen LogP contribution in [0, 0.1) is 5.92 Å². The van der Waals surface area contributed by atoms with Crippen molar-refractivity contribution in [2.75, 3.05) is 0 Å². The van der Waals surface area contributed by atoms with Crippen LogP contribution in [0.5, 0.6) is 0 Å². The maximum Gasteiger partial charge on any atom is 0.225 e. The Balaban J connectivity index is 2.62. The fourth-order valence-electron chi connectivity index (χ4n) is 1.01. The summed E-state index contributed by atoms with van der Waals surface area (Å²) >= 11 is 0. The molecule has 1 unspecified atom stereocenters. The first-order valence-corrected chi connectivity index (χ1v) is 5.00. The van der Waals surface area contributed by atoms with Gasteiger partial charge in [0.05, 0.1) is 0 Å². The summed E-state index contributed by atoms with van der Waals surface area (Å²) in [6, 6.07) is 0. The number of hydrogen-bond donors (Lipinski definition) is 1. The molecule has 3 heteroatoms. The minimum Gasteiger partial charge on any atom is -0.341 e. The van der Waals surface area contributed by atoms with Gasteiger partial charge in [0.1, 0.15) is 0 Å². The molecule has 0 spiro atoms. The highest BCUT2D eigenvalue weighted by atomic mass is 31.2. The van der Waals surface area contributed by atoms with E-state index in [0.29, 0.717) is 0 Å². The summed E-state index contributed by atoms with van der Waals surface area (Å²) < 4.78 is 11.1. The van der Waals surface area contributed by atoms with Gasteiger partial charge in [-0.25, -0.2) is 0 Å². The molecule has 1 fully saturated rings. The molecule has 0 amide bonds. The van der Waals surface area contributed by atoms with Crippen molar-refractivity contribution in [1.82, 2.24) is 0 Å². The van der Waals surface area contributed by atoms with Crippen LogP contribution in [-0.2, 0) is 4.57 Å². The molecule has 0 radical (unpaired) electrons. The molecule has 0 aliphatic heterocycles. The molecule has 1 aliphatic carbocycles. The minimum atomic E-state index is -3.01. The van der Waals surface area contributed by atoms with E-state index in [0.717, 1.165) is 6.42 Å². The van der Waals surface area contributed by atoms with Crippen molar-refractivity contribution in [2.24, 2.45) is 5.92 Å². The molecule has 3 atom stereocenters. The lowest BCUT2D eigenvalue weighted by Gasteiger charge is -2.01. The summed E-state index contributed by atoms with van der Waals surface area (Å²) in [6.07, 6.45) is 2.53. The molecule has 0 aromatic heterocycles. The zero-order chi connectivity index (χ0) is 7.78. The topological polar surface area (TPSA) is 37.3 Å². The number of hydrogen-bond acceptors (Lipinski definition) is 1. The third-order valence-corrected chi connectivity index (χ3v) is 3.91. The lowest BCUT2D eigenvalue weighted by atomic mass is 10.4.